The number of amidine groups is 1. The zero-order valence-electron chi connectivity index (χ0n) is 20.2. The van der Waals surface area contributed by atoms with Crippen LogP contribution in [0, 0.1) is 0 Å². The first kappa shape index (κ1) is 27.8. The molecular weight excluding hydrogens is 392 g/mol. The third-order valence-corrected chi connectivity index (χ3v) is 6.70. The molecule has 0 aromatic heterocycles. The lowest BCUT2D eigenvalue weighted by molar-refractivity contribution is 0.213. The number of unbranched alkanes of at least 4 members (excludes halogenated alkanes) is 18. The summed E-state index contributed by atoms with van der Waals surface area (Å²) in [5.41, 5.74) is -0.190. The molecule has 0 radical (unpaired) electrons. The maximum absolute atomic E-state index is 10.2. The van der Waals surface area contributed by atoms with Crippen molar-refractivity contribution < 1.29 is 5.11 Å². The maximum atomic E-state index is 10.2. The molecule has 1 heterocycles. The fraction of sp³-hybridized carbons (Fsp3) is 0.962. The molecule has 0 saturated carbocycles. The number of hydrogen-bond acceptors (Lipinski definition) is 3. The van der Waals surface area contributed by atoms with Crippen molar-refractivity contribution >= 4 is 17.4 Å². The number of aliphatic imine (C=N–C) groups is 1. The Balaban J connectivity index is 1.74. The topological polar surface area (TPSA) is 35.8 Å². The minimum atomic E-state index is -0.440. The summed E-state index contributed by atoms with van der Waals surface area (Å²) < 4.78 is 0. The Morgan fingerprint density at radius 1 is 0.767 bits per heavy atom. The minimum absolute atomic E-state index is 0.190. The van der Waals surface area contributed by atoms with Crippen molar-refractivity contribution in [1.29, 1.82) is 0 Å². The number of halogens is 1. The highest BCUT2D eigenvalue weighted by Crippen LogP contribution is 2.17. The van der Waals surface area contributed by atoms with Crippen LogP contribution in [0.5, 0.6) is 0 Å². The van der Waals surface area contributed by atoms with Gasteiger partial charge >= 0.3 is 0 Å². The van der Waals surface area contributed by atoms with Crippen LogP contribution in [0.25, 0.3) is 0 Å². The first-order valence-electron chi connectivity index (χ1n) is 13.3. The molecule has 1 N–H and O–H groups in total. The lowest BCUT2D eigenvalue weighted by atomic mass is 10.0. The van der Waals surface area contributed by atoms with E-state index >= 15 is 0 Å². The van der Waals surface area contributed by atoms with E-state index in [0.717, 1.165) is 18.7 Å². The van der Waals surface area contributed by atoms with Gasteiger partial charge in [-0.05, 0) is 6.42 Å². The van der Waals surface area contributed by atoms with Gasteiger partial charge in [0.15, 0.2) is 0 Å². The van der Waals surface area contributed by atoms with Gasteiger partial charge < -0.3 is 10.0 Å². The lowest BCUT2D eigenvalue weighted by Gasteiger charge is -2.18. The van der Waals surface area contributed by atoms with Crippen LogP contribution in [0.15, 0.2) is 4.99 Å². The van der Waals surface area contributed by atoms with Gasteiger partial charge in [-0.3, -0.25) is 0 Å². The molecule has 0 spiro atoms. The normalized spacial score (nSPS) is 17.5. The van der Waals surface area contributed by atoms with Crippen molar-refractivity contribution in [2.45, 2.75) is 147 Å². The lowest BCUT2D eigenvalue weighted by Crippen LogP contribution is -2.33. The molecule has 0 aromatic carbocycles. The number of aliphatic hydroxyl groups is 1. The summed E-state index contributed by atoms with van der Waals surface area (Å²) in [5, 5.41) is 10.2. The van der Waals surface area contributed by atoms with Crippen LogP contribution in [-0.2, 0) is 0 Å². The summed E-state index contributed by atoms with van der Waals surface area (Å²) in [4.78, 5) is 6.31. The zero-order valence-corrected chi connectivity index (χ0v) is 21.0. The fourth-order valence-electron chi connectivity index (χ4n) is 4.49. The number of alkyl halides is 1. The third kappa shape index (κ3) is 14.7. The molecule has 3 nitrogen and oxygen atoms in total. The van der Waals surface area contributed by atoms with Crippen LogP contribution in [-0.4, -0.2) is 41.0 Å². The van der Waals surface area contributed by atoms with Crippen LogP contribution in [0.4, 0.5) is 0 Å². The van der Waals surface area contributed by atoms with E-state index in [1.165, 1.54) is 116 Å². The van der Waals surface area contributed by atoms with Crippen molar-refractivity contribution in [3.8, 4) is 0 Å². The minimum Gasteiger partial charge on any atom is -0.385 e. The SMILES string of the molecule is CCCCCCCCCCCCCCCCCCCCCC(O)C1=NC(Cl)CN1C. The van der Waals surface area contributed by atoms with E-state index in [9.17, 15) is 5.11 Å². The van der Waals surface area contributed by atoms with Gasteiger partial charge in [-0.25, -0.2) is 4.99 Å². The van der Waals surface area contributed by atoms with Crippen LogP contribution in [0.2, 0.25) is 0 Å². The van der Waals surface area contributed by atoms with Crippen molar-refractivity contribution in [3.05, 3.63) is 0 Å². The molecule has 1 aliphatic heterocycles. The largest absolute Gasteiger partial charge is 0.385 e. The van der Waals surface area contributed by atoms with E-state index in [1.54, 1.807) is 0 Å². The van der Waals surface area contributed by atoms with E-state index in [1.807, 2.05) is 11.9 Å². The molecule has 2 unspecified atom stereocenters. The highest BCUT2D eigenvalue weighted by atomic mass is 35.5. The predicted molar refractivity (Wildman–Crippen MR) is 134 cm³/mol. The monoisotopic (exact) mass is 442 g/mol. The Morgan fingerprint density at radius 2 is 1.13 bits per heavy atom. The number of rotatable bonds is 21. The summed E-state index contributed by atoms with van der Waals surface area (Å²) in [6.45, 7) is 3.01. The number of likely N-dealkylation sites (N-methyl/N-ethyl adjacent to an activating group) is 1. The maximum Gasteiger partial charge on any atom is 0.143 e. The molecule has 178 valence electrons. The highest BCUT2D eigenvalue weighted by Gasteiger charge is 2.25. The Kier molecular flexibility index (Phi) is 18.0. The van der Waals surface area contributed by atoms with E-state index in [4.69, 9.17) is 11.6 Å². The smallest absolute Gasteiger partial charge is 0.143 e. The Morgan fingerprint density at radius 3 is 1.47 bits per heavy atom. The van der Waals surface area contributed by atoms with Crippen LogP contribution in [0.3, 0.4) is 0 Å². The third-order valence-electron chi connectivity index (χ3n) is 6.47. The summed E-state index contributed by atoms with van der Waals surface area (Å²) in [6.07, 6.45) is 26.8. The van der Waals surface area contributed by atoms with Crippen molar-refractivity contribution in [2.24, 2.45) is 4.99 Å². The summed E-state index contributed by atoms with van der Waals surface area (Å²) in [5.74, 6) is 0.775. The fourth-order valence-corrected chi connectivity index (χ4v) is 4.80. The molecule has 0 bridgehead atoms. The van der Waals surface area contributed by atoms with E-state index in [0.29, 0.717) is 6.54 Å². The summed E-state index contributed by atoms with van der Waals surface area (Å²) >= 11 is 6.02. The quantitative estimate of drug-likeness (QED) is 0.111. The average molecular weight is 443 g/mol. The first-order valence-corrected chi connectivity index (χ1v) is 13.7. The highest BCUT2D eigenvalue weighted by molar-refractivity contribution is 6.22. The van der Waals surface area contributed by atoms with Crippen LogP contribution in [0.1, 0.15) is 135 Å². The molecule has 0 aromatic rings. The van der Waals surface area contributed by atoms with Gasteiger partial charge in [0.05, 0.1) is 6.54 Å². The molecule has 0 saturated heterocycles. The van der Waals surface area contributed by atoms with E-state index in [-0.39, 0.29) is 5.50 Å². The van der Waals surface area contributed by atoms with Gasteiger partial charge in [0.25, 0.3) is 0 Å². The van der Waals surface area contributed by atoms with Crippen LogP contribution >= 0.6 is 11.6 Å². The van der Waals surface area contributed by atoms with Gasteiger partial charge in [-0.2, -0.15) is 0 Å². The van der Waals surface area contributed by atoms with Gasteiger partial charge in [-0.1, -0.05) is 141 Å². The zero-order chi connectivity index (χ0) is 21.9. The van der Waals surface area contributed by atoms with E-state index < -0.39 is 6.10 Å². The standard InChI is InChI=1S/C26H51ClN2O/c1-3-4-5-6-7-8-9-10-11-12-13-14-15-16-17-18-19-20-21-22-24(30)26-28-25(27)23-29(26)2/h24-25,30H,3-23H2,1-2H3. The number of hydrogen-bond donors (Lipinski definition) is 1. The van der Waals surface area contributed by atoms with Gasteiger partial charge in [0.1, 0.15) is 17.4 Å². The molecule has 1 aliphatic rings. The molecular formula is C26H51ClN2O. The molecule has 2 atom stereocenters. The van der Waals surface area contributed by atoms with Gasteiger partial charge in [-0.15, -0.1) is 0 Å². The molecule has 0 fully saturated rings. The van der Waals surface area contributed by atoms with Crippen LogP contribution < -0.4 is 0 Å². The predicted octanol–water partition coefficient (Wildman–Crippen LogP) is 8.08. The molecule has 4 heteroatoms. The molecule has 0 aliphatic carbocycles. The summed E-state index contributed by atoms with van der Waals surface area (Å²) in [7, 11) is 1.96. The second-order valence-electron chi connectivity index (χ2n) is 9.47. The molecule has 1 rings (SSSR count). The second-order valence-corrected chi connectivity index (χ2v) is 9.97. The second kappa shape index (κ2) is 19.4. The molecule has 0 amide bonds. The number of nitrogens with zero attached hydrogens (tertiary/aromatic N) is 2. The van der Waals surface area contributed by atoms with Gasteiger partial charge in [0, 0.05) is 7.05 Å². The Bertz CT molecular complexity index is 416. The van der Waals surface area contributed by atoms with E-state index in [2.05, 4.69) is 11.9 Å². The first-order chi connectivity index (χ1) is 14.6. The Hall–Kier alpha value is -0.280. The Labute approximate surface area is 193 Å². The molecule has 30 heavy (non-hydrogen) atoms. The number of aliphatic hydroxyl groups excluding tert-OH is 1. The average Bonchev–Trinajstić information content (AvgIpc) is 3.07. The summed E-state index contributed by atoms with van der Waals surface area (Å²) in [6, 6.07) is 0. The van der Waals surface area contributed by atoms with Crippen molar-refractivity contribution in [2.75, 3.05) is 13.6 Å². The van der Waals surface area contributed by atoms with Crippen molar-refractivity contribution in [3.63, 3.8) is 0 Å². The van der Waals surface area contributed by atoms with Gasteiger partial charge in [0.2, 0.25) is 0 Å². The van der Waals surface area contributed by atoms with Crippen molar-refractivity contribution in [1.82, 2.24) is 4.90 Å².